The van der Waals surface area contributed by atoms with E-state index in [1.807, 2.05) is 17.1 Å². The summed E-state index contributed by atoms with van der Waals surface area (Å²) in [6.07, 6.45) is 10.9. The van der Waals surface area contributed by atoms with Crippen molar-refractivity contribution in [1.29, 1.82) is 0 Å². The molecule has 2 aliphatic heterocycles. The Morgan fingerprint density at radius 1 is 1.13 bits per heavy atom. The topological polar surface area (TPSA) is 88.4 Å². The van der Waals surface area contributed by atoms with Crippen LogP contribution >= 0.6 is 0 Å². The van der Waals surface area contributed by atoms with Crippen LogP contribution in [0.1, 0.15) is 60.9 Å². The van der Waals surface area contributed by atoms with Crippen molar-refractivity contribution in [3.8, 4) is 5.75 Å². The number of ether oxygens (including phenoxy) is 1. The van der Waals surface area contributed by atoms with Crippen LogP contribution in [0.25, 0.3) is 0 Å². The summed E-state index contributed by atoms with van der Waals surface area (Å²) in [6, 6.07) is 4.59. The van der Waals surface area contributed by atoms with Crippen molar-refractivity contribution in [2.75, 3.05) is 26.3 Å². The van der Waals surface area contributed by atoms with Crippen LogP contribution < -0.4 is 0 Å². The quantitative estimate of drug-likeness (QED) is 0.464. The molecule has 0 spiro atoms. The lowest BCUT2D eigenvalue weighted by Crippen LogP contribution is -2.37. The van der Waals surface area contributed by atoms with Crippen LogP contribution in [0.3, 0.4) is 0 Å². The number of phenolic OH excluding ortho intramolecular Hbond substituents is 1. The van der Waals surface area contributed by atoms with Gasteiger partial charge in [0.2, 0.25) is 0 Å². The van der Waals surface area contributed by atoms with Gasteiger partial charge in [0, 0.05) is 19.5 Å². The largest absolute Gasteiger partial charge is 0.508 e. The van der Waals surface area contributed by atoms with E-state index in [9.17, 15) is 14.7 Å². The first-order valence-corrected chi connectivity index (χ1v) is 10.7. The summed E-state index contributed by atoms with van der Waals surface area (Å²) < 4.78 is 5.31. The van der Waals surface area contributed by atoms with E-state index in [1.54, 1.807) is 12.1 Å². The molecule has 0 aliphatic carbocycles. The second-order valence-electron chi connectivity index (χ2n) is 7.71. The van der Waals surface area contributed by atoms with Gasteiger partial charge in [-0.25, -0.2) is 4.79 Å². The molecule has 1 aromatic rings. The van der Waals surface area contributed by atoms with Gasteiger partial charge in [-0.05, 0) is 68.7 Å². The zero-order valence-electron chi connectivity index (χ0n) is 17.3. The minimum Gasteiger partial charge on any atom is -0.508 e. The molecule has 0 aromatic heterocycles. The molecule has 162 valence electrons. The summed E-state index contributed by atoms with van der Waals surface area (Å²) in [7, 11) is 0. The molecule has 2 heterocycles. The maximum Gasteiger partial charge on any atom is 0.338 e. The van der Waals surface area contributed by atoms with Gasteiger partial charge >= 0.3 is 5.97 Å². The molecular formula is C23H30N2O5. The number of benzene rings is 1. The fourth-order valence-corrected chi connectivity index (χ4v) is 3.70. The highest BCUT2D eigenvalue weighted by Gasteiger charge is 2.18. The Morgan fingerprint density at radius 2 is 1.97 bits per heavy atom. The van der Waals surface area contributed by atoms with Crippen LogP contribution in [0.4, 0.5) is 0 Å². The van der Waals surface area contributed by atoms with Crippen molar-refractivity contribution in [2.24, 2.45) is 5.16 Å². The Bertz CT molecular complexity index is 797. The zero-order valence-corrected chi connectivity index (χ0v) is 17.3. The predicted octanol–water partition coefficient (Wildman–Crippen LogP) is 3.61. The number of oxime groups is 1. The average Bonchev–Trinajstić information content (AvgIpc) is 2.76. The lowest BCUT2D eigenvalue weighted by atomic mass is 9.98. The van der Waals surface area contributed by atoms with Crippen LogP contribution in [-0.2, 0) is 20.8 Å². The number of cyclic esters (lactones) is 1. The highest BCUT2D eigenvalue weighted by Crippen LogP contribution is 2.20. The van der Waals surface area contributed by atoms with Crippen LogP contribution in [0.2, 0.25) is 0 Å². The summed E-state index contributed by atoms with van der Waals surface area (Å²) in [5, 5.41) is 14.1. The van der Waals surface area contributed by atoms with Crippen LogP contribution in [0.5, 0.6) is 5.75 Å². The molecule has 0 atom stereocenters. The standard InChI is InChI=1S/C23H30N2O5/c26-20-10-11-21-18(16-20)15-19(9-5-2-1-3-8-14-29-23(21)28)24-30-17-22(27)25-12-6-4-7-13-25/h3,8,10-11,16,26H,1-2,4-7,9,12-15,17H2/b8-3+,24-19+. The third kappa shape index (κ3) is 6.61. The first-order valence-electron chi connectivity index (χ1n) is 10.7. The first kappa shape index (κ1) is 21.9. The average molecular weight is 415 g/mol. The number of hydrogen-bond donors (Lipinski definition) is 1. The predicted molar refractivity (Wildman–Crippen MR) is 114 cm³/mol. The lowest BCUT2D eigenvalue weighted by molar-refractivity contribution is -0.137. The molecule has 0 unspecified atom stereocenters. The molecule has 1 fully saturated rings. The molecule has 30 heavy (non-hydrogen) atoms. The fourth-order valence-electron chi connectivity index (χ4n) is 3.70. The Labute approximate surface area is 177 Å². The third-order valence-corrected chi connectivity index (χ3v) is 5.36. The van der Waals surface area contributed by atoms with Gasteiger partial charge in [0.05, 0.1) is 11.3 Å². The Morgan fingerprint density at radius 3 is 2.80 bits per heavy atom. The Hall–Kier alpha value is -2.83. The van der Waals surface area contributed by atoms with Crippen molar-refractivity contribution in [1.82, 2.24) is 4.90 Å². The number of hydrogen-bond acceptors (Lipinski definition) is 6. The van der Waals surface area contributed by atoms with E-state index in [-0.39, 0.29) is 24.9 Å². The summed E-state index contributed by atoms with van der Waals surface area (Å²) in [5.74, 6) is -0.406. The number of nitrogens with zero attached hydrogens (tertiary/aromatic N) is 2. The third-order valence-electron chi connectivity index (χ3n) is 5.36. The van der Waals surface area contributed by atoms with E-state index in [2.05, 4.69) is 5.16 Å². The number of likely N-dealkylation sites (tertiary alicyclic amines) is 1. The number of allylic oxidation sites excluding steroid dienone is 1. The number of aromatic hydroxyl groups is 1. The van der Waals surface area contributed by atoms with Crippen molar-refractivity contribution >= 4 is 17.6 Å². The van der Waals surface area contributed by atoms with Crippen LogP contribution in [-0.4, -0.2) is 53.9 Å². The summed E-state index contributed by atoms with van der Waals surface area (Å²) in [5.41, 5.74) is 1.77. The molecule has 1 saturated heterocycles. The maximum absolute atomic E-state index is 12.4. The molecule has 1 aromatic carbocycles. The highest BCUT2D eigenvalue weighted by molar-refractivity contribution is 5.94. The number of piperidine rings is 1. The zero-order chi connectivity index (χ0) is 21.2. The minimum absolute atomic E-state index is 0.0459. The van der Waals surface area contributed by atoms with E-state index in [0.717, 1.165) is 57.3 Å². The second kappa shape index (κ2) is 11.4. The molecular weight excluding hydrogens is 384 g/mol. The normalized spacial score (nSPS) is 20.9. The monoisotopic (exact) mass is 414 g/mol. The van der Waals surface area contributed by atoms with Crippen molar-refractivity contribution < 1.29 is 24.3 Å². The molecule has 7 heteroatoms. The van der Waals surface area contributed by atoms with E-state index in [1.165, 1.54) is 6.07 Å². The van der Waals surface area contributed by atoms with Gasteiger partial charge in [0.25, 0.3) is 5.91 Å². The molecule has 3 rings (SSSR count). The summed E-state index contributed by atoms with van der Waals surface area (Å²) in [6.45, 7) is 1.70. The molecule has 1 N–H and O–H groups in total. The fraction of sp³-hybridized carbons (Fsp3) is 0.522. The van der Waals surface area contributed by atoms with Crippen molar-refractivity contribution in [3.63, 3.8) is 0 Å². The van der Waals surface area contributed by atoms with Gasteiger partial charge in [-0.1, -0.05) is 17.3 Å². The van der Waals surface area contributed by atoms with Gasteiger partial charge in [-0.3, -0.25) is 4.79 Å². The number of fused-ring (bicyclic) bond motifs is 1. The number of esters is 1. The van der Waals surface area contributed by atoms with E-state index in [0.29, 0.717) is 24.0 Å². The Balaban J connectivity index is 1.72. The number of carbonyl (C=O) groups is 2. The van der Waals surface area contributed by atoms with Crippen LogP contribution in [0.15, 0.2) is 35.5 Å². The van der Waals surface area contributed by atoms with Crippen molar-refractivity contribution in [3.05, 3.63) is 41.5 Å². The highest BCUT2D eigenvalue weighted by atomic mass is 16.6. The lowest BCUT2D eigenvalue weighted by Gasteiger charge is -2.26. The van der Waals surface area contributed by atoms with Gasteiger partial charge in [-0.15, -0.1) is 0 Å². The molecule has 0 saturated carbocycles. The SMILES string of the molecule is O=C1OC/C=C/CCCC/C(=N\OCC(=O)N2CCCCC2)Cc2cc(O)ccc21. The van der Waals surface area contributed by atoms with E-state index in [4.69, 9.17) is 9.57 Å². The number of carbonyl (C=O) groups excluding carboxylic acids is 2. The molecule has 0 radical (unpaired) electrons. The Kier molecular flexibility index (Phi) is 8.30. The van der Waals surface area contributed by atoms with Gasteiger partial charge in [0.1, 0.15) is 12.4 Å². The summed E-state index contributed by atoms with van der Waals surface area (Å²) >= 11 is 0. The summed E-state index contributed by atoms with van der Waals surface area (Å²) in [4.78, 5) is 32.0. The van der Waals surface area contributed by atoms with Crippen molar-refractivity contribution in [2.45, 2.75) is 51.4 Å². The molecule has 1 amide bonds. The number of amides is 1. The molecule has 7 nitrogen and oxygen atoms in total. The maximum atomic E-state index is 12.4. The van der Waals surface area contributed by atoms with Crippen LogP contribution in [0, 0.1) is 0 Å². The van der Waals surface area contributed by atoms with Gasteiger partial charge in [0.15, 0.2) is 6.61 Å². The van der Waals surface area contributed by atoms with Gasteiger partial charge < -0.3 is 19.6 Å². The molecule has 0 bridgehead atoms. The first-order chi connectivity index (χ1) is 14.6. The van der Waals surface area contributed by atoms with E-state index >= 15 is 0 Å². The second-order valence-corrected chi connectivity index (χ2v) is 7.71. The number of rotatable bonds is 3. The van der Waals surface area contributed by atoms with E-state index < -0.39 is 5.97 Å². The smallest absolute Gasteiger partial charge is 0.338 e. The van der Waals surface area contributed by atoms with Gasteiger partial charge in [-0.2, -0.15) is 0 Å². The number of phenols is 1. The molecule has 2 aliphatic rings. The minimum atomic E-state index is -0.436.